The van der Waals surface area contributed by atoms with E-state index in [0.29, 0.717) is 16.8 Å². The number of aliphatic hydroxyl groups is 1. The van der Waals surface area contributed by atoms with Gasteiger partial charge in [-0.3, -0.25) is 14.5 Å². The van der Waals surface area contributed by atoms with Crippen molar-refractivity contribution in [1.29, 1.82) is 0 Å². The van der Waals surface area contributed by atoms with Crippen LogP contribution in [0.25, 0.3) is 5.76 Å². The molecule has 1 fully saturated rings. The number of hydrogen-bond acceptors (Lipinski definition) is 3. The summed E-state index contributed by atoms with van der Waals surface area (Å²) < 4.78 is 13.5. The van der Waals surface area contributed by atoms with Gasteiger partial charge in [0.25, 0.3) is 11.7 Å². The number of ketones is 1. The first-order valence-corrected chi connectivity index (χ1v) is 8.75. The Labute approximate surface area is 161 Å². The van der Waals surface area contributed by atoms with Gasteiger partial charge in [-0.15, -0.1) is 0 Å². The number of nitrogens with zero attached hydrogens (tertiary/aromatic N) is 1. The van der Waals surface area contributed by atoms with E-state index in [2.05, 4.69) is 0 Å². The summed E-state index contributed by atoms with van der Waals surface area (Å²) in [5, 5.41) is 10.9. The summed E-state index contributed by atoms with van der Waals surface area (Å²) in [6.07, 6.45) is 0. The zero-order valence-electron chi connectivity index (χ0n) is 14.7. The molecule has 4 nitrogen and oxygen atoms in total. The van der Waals surface area contributed by atoms with E-state index in [4.69, 9.17) is 0 Å². The van der Waals surface area contributed by atoms with Crippen molar-refractivity contribution < 1.29 is 19.1 Å². The van der Waals surface area contributed by atoms with Crippen LogP contribution in [0.2, 0.25) is 0 Å². The van der Waals surface area contributed by atoms with E-state index in [-0.39, 0.29) is 11.3 Å². The third-order valence-corrected chi connectivity index (χ3v) is 4.71. The molecule has 1 atom stereocenters. The van der Waals surface area contributed by atoms with Crippen LogP contribution in [0.15, 0.2) is 90.5 Å². The minimum absolute atomic E-state index is 0.0216. The molecule has 0 aliphatic carbocycles. The van der Waals surface area contributed by atoms with Crippen LogP contribution in [-0.4, -0.2) is 16.8 Å². The van der Waals surface area contributed by atoms with E-state index < -0.39 is 23.5 Å². The second-order valence-electron chi connectivity index (χ2n) is 6.42. The third kappa shape index (κ3) is 2.97. The standard InChI is InChI=1S/C23H16FNO3/c24-17-13-11-15(12-14-17)20-19(21(26)16-7-3-1-4-8-16)22(27)23(28)25(20)18-9-5-2-6-10-18/h1-14,20,26H/b21-19+/t20-/m0/s1. The van der Waals surface area contributed by atoms with Crippen molar-refractivity contribution in [1.82, 2.24) is 0 Å². The lowest BCUT2D eigenvalue weighted by Gasteiger charge is -2.25. The van der Waals surface area contributed by atoms with Crippen LogP contribution in [0.3, 0.4) is 0 Å². The first-order chi connectivity index (χ1) is 13.6. The Morgan fingerprint density at radius 2 is 1.39 bits per heavy atom. The molecule has 3 aromatic rings. The molecule has 3 aromatic carbocycles. The highest BCUT2D eigenvalue weighted by Crippen LogP contribution is 2.41. The van der Waals surface area contributed by atoms with Gasteiger partial charge in [0.1, 0.15) is 11.6 Å². The monoisotopic (exact) mass is 373 g/mol. The number of Topliss-reactive ketones (excluding diaryl/α,β-unsaturated/α-hetero) is 1. The lowest BCUT2D eigenvalue weighted by atomic mass is 9.95. The number of rotatable bonds is 3. The number of amides is 1. The number of carbonyl (C=O) groups is 2. The smallest absolute Gasteiger partial charge is 0.300 e. The Bertz CT molecular complexity index is 1060. The molecule has 1 N–H and O–H groups in total. The van der Waals surface area contributed by atoms with Crippen LogP contribution in [0, 0.1) is 5.82 Å². The number of para-hydroxylation sites is 1. The van der Waals surface area contributed by atoms with Crippen LogP contribution in [0.4, 0.5) is 10.1 Å². The predicted molar refractivity (Wildman–Crippen MR) is 104 cm³/mol. The van der Waals surface area contributed by atoms with Crippen LogP contribution in [-0.2, 0) is 9.59 Å². The first kappa shape index (κ1) is 17.7. The summed E-state index contributed by atoms with van der Waals surface area (Å²) in [7, 11) is 0. The molecule has 0 radical (unpaired) electrons. The summed E-state index contributed by atoms with van der Waals surface area (Å²) in [5.41, 5.74) is 1.46. The van der Waals surface area contributed by atoms with E-state index in [0.717, 1.165) is 0 Å². The van der Waals surface area contributed by atoms with E-state index in [1.54, 1.807) is 60.7 Å². The lowest BCUT2D eigenvalue weighted by molar-refractivity contribution is -0.132. The van der Waals surface area contributed by atoms with Gasteiger partial charge in [-0.25, -0.2) is 4.39 Å². The van der Waals surface area contributed by atoms with Crippen LogP contribution in [0.5, 0.6) is 0 Å². The van der Waals surface area contributed by atoms with Gasteiger partial charge in [0.15, 0.2) is 0 Å². The van der Waals surface area contributed by atoms with Crippen molar-refractivity contribution in [2.45, 2.75) is 6.04 Å². The molecular formula is C23H16FNO3. The largest absolute Gasteiger partial charge is 0.507 e. The third-order valence-electron chi connectivity index (χ3n) is 4.71. The van der Waals surface area contributed by atoms with Gasteiger partial charge < -0.3 is 5.11 Å². The van der Waals surface area contributed by atoms with E-state index in [9.17, 15) is 19.1 Å². The lowest BCUT2D eigenvalue weighted by Crippen LogP contribution is -2.29. The van der Waals surface area contributed by atoms with Crippen LogP contribution < -0.4 is 4.90 Å². The normalized spacial score (nSPS) is 18.5. The molecular weight excluding hydrogens is 357 g/mol. The number of aliphatic hydroxyl groups excluding tert-OH is 1. The van der Waals surface area contributed by atoms with E-state index in [1.165, 1.54) is 29.2 Å². The fourth-order valence-electron chi connectivity index (χ4n) is 3.40. The minimum atomic E-state index is -0.858. The minimum Gasteiger partial charge on any atom is -0.507 e. The summed E-state index contributed by atoms with van der Waals surface area (Å²) in [6, 6.07) is 22.0. The number of hydrogen-bond donors (Lipinski definition) is 1. The maximum absolute atomic E-state index is 13.5. The van der Waals surface area contributed by atoms with Crippen LogP contribution >= 0.6 is 0 Å². The van der Waals surface area contributed by atoms with E-state index >= 15 is 0 Å². The molecule has 0 unspecified atom stereocenters. The molecule has 1 amide bonds. The average molecular weight is 373 g/mol. The highest BCUT2D eigenvalue weighted by Gasteiger charge is 2.46. The molecule has 0 saturated carbocycles. The zero-order valence-corrected chi connectivity index (χ0v) is 14.7. The number of carbonyl (C=O) groups excluding carboxylic acids is 2. The number of halogens is 1. The van der Waals surface area contributed by atoms with Gasteiger partial charge in [0.2, 0.25) is 0 Å². The van der Waals surface area contributed by atoms with E-state index in [1.807, 2.05) is 0 Å². The molecule has 4 rings (SSSR count). The zero-order chi connectivity index (χ0) is 19.7. The topological polar surface area (TPSA) is 57.6 Å². The molecule has 0 bridgehead atoms. The summed E-state index contributed by atoms with van der Waals surface area (Å²) in [5.74, 6) is -2.20. The van der Waals surface area contributed by atoms with Gasteiger partial charge in [0.05, 0.1) is 11.6 Å². The fraction of sp³-hybridized carbons (Fsp3) is 0.0435. The molecule has 1 saturated heterocycles. The van der Waals surface area contributed by atoms with Gasteiger partial charge >= 0.3 is 0 Å². The Balaban J connectivity index is 1.95. The van der Waals surface area contributed by atoms with Crippen molar-refractivity contribution in [3.05, 3.63) is 107 Å². The molecule has 0 aromatic heterocycles. The number of anilines is 1. The van der Waals surface area contributed by atoms with Gasteiger partial charge in [-0.1, -0.05) is 60.7 Å². The predicted octanol–water partition coefficient (Wildman–Crippen LogP) is 4.45. The summed E-state index contributed by atoms with van der Waals surface area (Å²) in [6.45, 7) is 0. The van der Waals surface area contributed by atoms with Crippen molar-refractivity contribution in [2.75, 3.05) is 4.90 Å². The highest BCUT2D eigenvalue weighted by atomic mass is 19.1. The molecule has 1 heterocycles. The number of benzene rings is 3. The van der Waals surface area contributed by atoms with Gasteiger partial charge in [0, 0.05) is 11.3 Å². The second kappa shape index (κ2) is 7.12. The van der Waals surface area contributed by atoms with Crippen molar-refractivity contribution in [3.63, 3.8) is 0 Å². The maximum Gasteiger partial charge on any atom is 0.300 e. The Hall–Kier alpha value is -3.73. The maximum atomic E-state index is 13.5. The fourth-order valence-corrected chi connectivity index (χ4v) is 3.40. The summed E-state index contributed by atoms with van der Waals surface area (Å²) >= 11 is 0. The molecule has 1 aliphatic rings. The average Bonchev–Trinajstić information content (AvgIpc) is 3.00. The Morgan fingerprint density at radius 1 is 0.821 bits per heavy atom. The van der Waals surface area contributed by atoms with Gasteiger partial charge in [-0.05, 0) is 29.8 Å². The highest BCUT2D eigenvalue weighted by molar-refractivity contribution is 6.51. The van der Waals surface area contributed by atoms with Gasteiger partial charge in [-0.2, -0.15) is 0 Å². The summed E-state index contributed by atoms with van der Waals surface area (Å²) in [4.78, 5) is 27.1. The molecule has 1 aliphatic heterocycles. The molecule has 5 heteroatoms. The SMILES string of the molecule is O=C1C(=O)N(c2ccccc2)[C@@H](c2ccc(F)cc2)/C1=C(\O)c1ccccc1. The van der Waals surface area contributed by atoms with Crippen LogP contribution in [0.1, 0.15) is 17.2 Å². The Kier molecular flexibility index (Phi) is 4.49. The molecule has 138 valence electrons. The van der Waals surface area contributed by atoms with Crippen molar-refractivity contribution in [2.24, 2.45) is 0 Å². The second-order valence-corrected chi connectivity index (χ2v) is 6.42. The molecule has 0 spiro atoms. The van der Waals surface area contributed by atoms with Crippen molar-refractivity contribution >= 4 is 23.1 Å². The first-order valence-electron chi connectivity index (χ1n) is 8.75. The van der Waals surface area contributed by atoms with Crippen molar-refractivity contribution in [3.8, 4) is 0 Å². The molecule has 28 heavy (non-hydrogen) atoms. The Morgan fingerprint density at radius 3 is 2.00 bits per heavy atom. The quantitative estimate of drug-likeness (QED) is 0.419.